The first kappa shape index (κ1) is 16.3. The number of β-lactam (4-membered cyclic amide) rings is 1. The quantitative estimate of drug-likeness (QED) is 0.630. The van der Waals surface area contributed by atoms with Crippen molar-refractivity contribution in [2.24, 2.45) is 11.7 Å². The van der Waals surface area contributed by atoms with Crippen molar-refractivity contribution in [2.75, 3.05) is 6.61 Å². The summed E-state index contributed by atoms with van der Waals surface area (Å²) in [6, 6.07) is 6.03. The molecule has 0 spiro atoms. The minimum atomic E-state index is -1.28. The predicted molar refractivity (Wildman–Crippen MR) is 83.7 cm³/mol. The number of carbonyl (C=O) groups is 3. The van der Waals surface area contributed by atoms with Crippen LogP contribution < -0.4 is 10.5 Å². The molecule has 0 radical (unpaired) electrons. The van der Waals surface area contributed by atoms with E-state index in [1.54, 1.807) is 12.1 Å². The first-order valence-corrected chi connectivity index (χ1v) is 7.98. The van der Waals surface area contributed by atoms with Gasteiger partial charge >= 0.3 is 5.97 Å². The number of rotatable bonds is 6. The Hall–Kier alpha value is -2.52. The van der Waals surface area contributed by atoms with E-state index >= 15 is 0 Å². The molecule has 1 saturated heterocycles. The number of hydrogen-bond acceptors (Lipinski definition) is 6. The summed E-state index contributed by atoms with van der Waals surface area (Å²) < 4.78 is 5.59. The normalized spacial score (nSPS) is 22.2. The minimum absolute atomic E-state index is 0.0721. The Balaban J connectivity index is 1.87. The van der Waals surface area contributed by atoms with Crippen molar-refractivity contribution in [3.8, 4) is 5.75 Å². The topological polar surface area (TPSA) is 130 Å². The number of primary amides is 1. The number of thioether (sulfide) groups is 1. The standard InChI is InChI=1S/C15H14N2O6S/c16-11(19)7-2-1-3-8(6-7)23-15-10(14(21)22)17-12(20)9(4-5-18)13(17)24-15/h1-3,6,9,13,18H,4-5H2,(H2,16,19)(H,21,22). The number of aliphatic hydroxyl groups is 1. The second-order valence-corrected chi connectivity index (χ2v) is 6.36. The fraction of sp³-hybridized carbons (Fsp3) is 0.267. The highest BCUT2D eigenvalue weighted by Crippen LogP contribution is 2.50. The Morgan fingerprint density at radius 2 is 2.12 bits per heavy atom. The Morgan fingerprint density at radius 3 is 2.75 bits per heavy atom. The van der Waals surface area contributed by atoms with Crippen molar-refractivity contribution < 1.29 is 29.3 Å². The fourth-order valence-corrected chi connectivity index (χ4v) is 4.04. The molecule has 2 aliphatic heterocycles. The molecule has 1 fully saturated rings. The lowest BCUT2D eigenvalue weighted by molar-refractivity contribution is -0.152. The molecule has 126 valence electrons. The van der Waals surface area contributed by atoms with E-state index in [2.05, 4.69) is 0 Å². The Labute approximate surface area is 140 Å². The lowest BCUT2D eigenvalue weighted by Gasteiger charge is -2.41. The van der Waals surface area contributed by atoms with E-state index in [9.17, 15) is 19.5 Å². The van der Waals surface area contributed by atoms with Gasteiger partial charge in [-0.2, -0.15) is 0 Å². The van der Waals surface area contributed by atoms with Crippen LogP contribution in [0.25, 0.3) is 0 Å². The largest absolute Gasteiger partial charge is 0.476 e. The Morgan fingerprint density at radius 1 is 1.38 bits per heavy atom. The molecule has 0 aliphatic carbocycles. The molecule has 0 bridgehead atoms. The van der Waals surface area contributed by atoms with Crippen molar-refractivity contribution in [1.29, 1.82) is 0 Å². The van der Waals surface area contributed by atoms with Crippen molar-refractivity contribution >= 4 is 29.5 Å². The fourth-order valence-electron chi connectivity index (χ4n) is 2.65. The summed E-state index contributed by atoms with van der Waals surface area (Å²) in [4.78, 5) is 36.0. The minimum Gasteiger partial charge on any atom is -0.476 e. The molecule has 9 heteroatoms. The van der Waals surface area contributed by atoms with Gasteiger partial charge in [0.2, 0.25) is 11.8 Å². The molecule has 24 heavy (non-hydrogen) atoms. The van der Waals surface area contributed by atoms with E-state index in [-0.39, 0.29) is 41.0 Å². The van der Waals surface area contributed by atoms with Gasteiger partial charge in [-0.3, -0.25) is 14.5 Å². The van der Waals surface area contributed by atoms with Crippen LogP contribution in [0.15, 0.2) is 35.1 Å². The summed E-state index contributed by atoms with van der Waals surface area (Å²) in [6.45, 7) is -0.152. The third-order valence-electron chi connectivity index (χ3n) is 3.79. The molecule has 2 atom stereocenters. The number of aliphatic carboxylic acids is 1. The number of amides is 2. The van der Waals surface area contributed by atoms with Gasteiger partial charge in [0.1, 0.15) is 11.1 Å². The van der Waals surface area contributed by atoms with Crippen LogP contribution in [0.5, 0.6) is 5.75 Å². The van der Waals surface area contributed by atoms with Gasteiger partial charge < -0.3 is 20.7 Å². The molecule has 1 aromatic rings. The van der Waals surface area contributed by atoms with Crippen LogP contribution in [0.1, 0.15) is 16.8 Å². The van der Waals surface area contributed by atoms with Crippen LogP contribution in [-0.4, -0.2) is 44.9 Å². The first-order valence-electron chi connectivity index (χ1n) is 7.10. The second-order valence-electron chi connectivity index (χ2n) is 5.27. The zero-order valence-corrected chi connectivity index (χ0v) is 13.2. The smallest absolute Gasteiger partial charge is 0.357 e. The van der Waals surface area contributed by atoms with Gasteiger partial charge in [-0.25, -0.2) is 4.79 Å². The van der Waals surface area contributed by atoms with Crippen molar-refractivity contribution in [3.05, 3.63) is 40.6 Å². The van der Waals surface area contributed by atoms with Gasteiger partial charge in [0.05, 0.1) is 5.92 Å². The molecule has 8 nitrogen and oxygen atoms in total. The molecule has 0 aromatic heterocycles. The van der Waals surface area contributed by atoms with Crippen LogP contribution in [0.2, 0.25) is 0 Å². The highest BCUT2D eigenvalue weighted by molar-refractivity contribution is 8.03. The van der Waals surface area contributed by atoms with Crippen molar-refractivity contribution in [1.82, 2.24) is 4.90 Å². The third-order valence-corrected chi connectivity index (χ3v) is 5.06. The summed E-state index contributed by atoms with van der Waals surface area (Å²) in [5.74, 6) is -2.44. The Bertz CT molecular complexity index is 762. The number of carboxylic acid groups (broad SMARTS) is 1. The van der Waals surface area contributed by atoms with Crippen molar-refractivity contribution in [3.63, 3.8) is 0 Å². The summed E-state index contributed by atoms with van der Waals surface area (Å²) in [5.41, 5.74) is 5.21. The maximum Gasteiger partial charge on any atom is 0.357 e. The third kappa shape index (κ3) is 2.61. The van der Waals surface area contributed by atoms with Gasteiger partial charge in [-0.1, -0.05) is 17.8 Å². The molecule has 2 unspecified atom stereocenters. The van der Waals surface area contributed by atoms with E-state index in [1.807, 2.05) is 0 Å². The SMILES string of the molecule is NC(=O)c1cccc(OC2=C(C(=O)O)N3C(=O)C(CCO)C3S2)c1. The number of carboxylic acids is 1. The van der Waals surface area contributed by atoms with Crippen LogP contribution >= 0.6 is 11.8 Å². The summed E-state index contributed by atoms with van der Waals surface area (Å²) in [7, 11) is 0. The number of hydrogen-bond donors (Lipinski definition) is 3. The van der Waals surface area contributed by atoms with Gasteiger partial charge in [0.15, 0.2) is 10.8 Å². The van der Waals surface area contributed by atoms with E-state index in [0.29, 0.717) is 0 Å². The lowest BCUT2D eigenvalue weighted by atomic mass is 9.94. The number of benzene rings is 1. The highest BCUT2D eigenvalue weighted by Gasteiger charge is 2.56. The van der Waals surface area contributed by atoms with E-state index in [4.69, 9.17) is 15.6 Å². The molecule has 0 saturated carbocycles. The van der Waals surface area contributed by atoms with Crippen molar-refractivity contribution in [2.45, 2.75) is 11.8 Å². The Kier molecular flexibility index (Phi) is 4.20. The van der Waals surface area contributed by atoms with Crippen LogP contribution in [-0.2, 0) is 9.59 Å². The number of fused-ring (bicyclic) bond motifs is 1. The van der Waals surface area contributed by atoms with Crippen LogP contribution in [0, 0.1) is 5.92 Å². The summed E-state index contributed by atoms with van der Waals surface area (Å²) in [5, 5.41) is 18.1. The lowest BCUT2D eigenvalue weighted by Crippen LogP contribution is -2.57. The number of carbonyl (C=O) groups excluding carboxylic acids is 2. The molecule has 4 N–H and O–H groups in total. The second kappa shape index (κ2) is 6.17. The van der Waals surface area contributed by atoms with E-state index in [1.165, 1.54) is 17.0 Å². The zero-order valence-electron chi connectivity index (χ0n) is 12.3. The monoisotopic (exact) mass is 350 g/mol. The van der Waals surface area contributed by atoms with E-state index in [0.717, 1.165) is 11.8 Å². The average molecular weight is 350 g/mol. The van der Waals surface area contributed by atoms with Gasteiger partial charge in [-0.05, 0) is 24.6 Å². The molecule has 3 rings (SSSR count). The predicted octanol–water partition coefficient (Wildman–Crippen LogP) is 0.332. The van der Waals surface area contributed by atoms with Crippen LogP contribution in [0.3, 0.4) is 0 Å². The maximum atomic E-state index is 12.1. The summed E-state index contributed by atoms with van der Waals surface area (Å²) >= 11 is 1.11. The number of ether oxygens (including phenoxy) is 1. The van der Waals surface area contributed by atoms with Gasteiger partial charge in [0.25, 0.3) is 0 Å². The van der Waals surface area contributed by atoms with Gasteiger partial charge in [-0.15, -0.1) is 0 Å². The highest BCUT2D eigenvalue weighted by atomic mass is 32.2. The zero-order chi connectivity index (χ0) is 17.4. The van der Waals surface area contributed by atoms with E-state index < -0.39 is 23.2 Å². The molecule has 2 heterocycles. The molecule has 2 amide bonds. The van der Waals surface area contributed by atoms with Gasteiger partial charge in [0, 0.05) is 12.2 Å². The molecular weight excluding hydrogens is 336 g/mol. The maximum absolute atomic E-state index is 12.1. The number of nitrogens with zero attached hydrogens (tertiary/aromatic N) is 1. The average Bonchev–Trinajstić information content (AvgIpc) is 2.88. The molecule has 1 aromatic carbocycles. The number of aliphatic hydroxyl groups excluding tert-OH is 1. The number of nitrogens with two attached hydrogens (primary N) is 1. The first-order chi connectivity index (χ1) is 11.4. The molecular formula is C15H14N2O6S. The molecule has 2 aliphatic rings. The summed E-state index contributed by atoms with van der Waals surface area (Å²) in [6.07, 6.45) is 0.268. The van der Waals surface area contributed by atoms with Crippen LogP contribution in [0.4, 0.5) is 0 Å².